The third-order valence-corrected chi connectivity index (χ3v) is 3.19. The topological polar surface area (TPSA) is 110 Å². The summed E-state index contributed by atoms with van der Waals surface area (Å²) in [6, 6.07) is 16.8. The van der Waals surface area contributed by atoms with Crippen molar-refractivity contribution in [2.24, 2.45) is 5.73 Å². The summed E-state index contributed by atoms with van der Waals surface area (Å²) in [5.41, 5.74) is 7.02. The molecule has 7 nitrogen and oxygen atoms in total. The van der Waals surface area contributed by atoms with Crippen LogP contribution < -0.4 is 16.4 Å². The summed E-state index contributed by atoms with van der Waals surface area (Å²) in [6.45, 7) is 0. The lowest BCUT2D eigenvalue weighted by Gasteiger charge is -2.06. The van der Waals surface area contributed by atoms with E-state index in [4.69, 9.17) is 10.3 Å². The highest BCUT2D eigenvalue weighted by atomic mass is 16.5. The van der Waals surface area contributed by atoms with Crippen LogP contribution in [-0.2, 0) is 0 Å². The lowest BCUT2D eigenvalue weighted by atomic mass is 10.1. The van der Waals surface area contributed by atoms with Crippen molar-refractivity contribution in [3.63, 3.8) is 0 Å². The number of hydrogen-bond acceptors (Lipinski definition) is 4. The number of nitrogens with one attached hydrogen (secondary N) is 2. The van der Waals surface area contributed by atoms with Crippen LogP contribution in [0, 0.1) is 0 Å². The monoisotopic (exact) mass is 322 g/mol. The largest absolute Gasteiger partial charge is 0.355 e. The van der Waals surface area contributed by atoms with Gasteiger partial charge in [0.25, 0.3) is 5.91 Å². The average molecular weight is 322 g/mol. The van der Waals surface area contributed by atoms with Crippen LogP contribution in [0.5, 0.6) is 0 Å². The van der Waals surface area contributed by atoms with Crippen molar-refractivity contribution in [3.05, 3.63) is 66.4 Å². The van der Waals surface area contributed by atoms with Crippen LogP contribution in [0.2, 0.25) is 0 Å². The van der Waals surface area contributed by atoms with Crippen LogP contribution in [0.15, 0.2) is 65.2 Å². The third-order valence-electron chi connectivity index (χ3n) is 3.19. The van der Waals surface area contributed by atoms with Gasteiger partial charge in [0.1, 0.15) is 0 Å². The van der Waals surface area contributed by atoms with Gasteiger partial charge in [-0.2, -0.15) is 0 Å². The van der Waals surface area contributed by atoms with E-state index in [-0.39, 0.29) is 5.69 Å². The van der Waals surface area contributed by atoms with Crippen molar-refractivity contribution in [3.8, 4) is 11.3 Å². The Balaban J connectivity index is 1.74. The van der Waals surface area contributed by atoms with Gasteiger partial charge in [0.15, 0.2) is 11.5 Å². The van der Waals surface area contributed by atoms with E-state index < -0.39 is 11.9 Å². The molecule has 0 fully saturated rings. The molecule has 120 valence electrons. The summed E-state index contributed by atoms with van der Waals surface area (Å²) in [7, 11) is 0. The predicted octanol–water partition coefficient (Wildman–Crippen LogP) is 3.08. The van der Waals surface area contributed by atoms with E-state index in [1.165, 1.54) is 0 Å². The van der Waals surface area contributed by atoms with Gasteiger partial charge in [-0.1, -0.05) is 41.6 Å². The second-order valence-corrected chi connectivity index (χ2v) is 4.97. The zero-order chi connectivity index (χ0) is 16.9. The summed E-state index contributed by atoms with van der Waals surface area (Å²) in [6.07, 6.45) is 0. The maximum Gasteiger partial charge on any atom is 0.316 e. The van der Waals surface area contributed by atoms with E-state index in [0.29, 0.717) is 17.1 Å². The number of amides is 3. The predicted molar refractivity (Wildman–Crippen MR) is 89.5 cm³/mol. The summed E-state index contributed by atoms with van der Waals surface area (Å²) in [4.78, 5) is 23.1. The second kappa shape index (κ2) is 6.66. The van der Waals surface area contributed by atoms with Crippen LogP contribution in [0.25, 0.3) is 11.3 Å². The molecule has 2 aromatic carbocycles. The van der Waals surface area contributed by atoms with Crippen molar-refractivity contribution in [1.82, 2.24) is 5.16 Å². The standard InChI is InChI=1S/C17H14N4O3/c18-17(23)20-13-8-4-7-12(9-13)19-16(22)14-10-15(24-21-14)11-5-2-1-3-6-11/h1-10H,(H,19,22)(H3,18,20,23). The molecule has 0 aliphatic carbocycles. The lowest BCUT2D eigenvalue weighted by Crippen LogP contribution is -2.19. The highest BCUT2D eigenvalue weighted by Crippen LogP contribution is 2.21. The molecule has 0 atom stereocenters. The second-order valence-electron chi connectivity index (χ2n) is 4.97. The van der Waals surface area contributed by atoms with E-state index in [9.17, 15) is 9.59 Å². The van der Waals surface area contributed by atoms with Gasteiger partial charge in [-0.05, 0) is 18.2 Å². The maximum absolute atomic E-state index is 12.2. The van der Waals surface area contributed by atoms with Crippen molar-refractivity contribution in [2.45, 2.75) is 0 Å². The normalized spacial score (nSPS) is 10.2. The zero-order valence-electron chi connectivity index (χ0n) is 12.5. The molecule has 3 aromatic rings. The lowest BCUT2D eigenvalue weighted by molar-refractivity contribution is 0.101. The third kappa shape index (κ3) is 3.58. The molecule has 0 spiro atoms. The molecule has 7 heteroatoms. The number of hydrogen-bond donors (Lipinski definition) is 3. The van der Waals surface area contributed by atoms with Gasteiger partial charge in [-0.25, -0.2) is 4.79 Å². The SMILES string of the molecule is NC(=O)Nc1cccc(NC(=O)c2cc(-c3ccccc3)on2)c1. The molecule has 3 amide bonds. The molecule has 0 saturated heterocycles. The van der Waals surface area contributed by atoms with Gasteiger partial charge in [-0.15, -0.1) is 0 Å². The van der Waals surface area contributed by atoms with Crippen LogP contribution in [-0.4, -0.2) is 17.1 Å². The van der Waals surface area contributed by atoms with Crippen LogP contribution >= 0.6 is 0 Å². The molecule has 0 radical (unpaired) electrons. The minimum absolute atomic E-state index is 0.155. The van der Waals surface area contributed by atoms with Crippen LogP contribution in [0.3, 0.4) is 0 Å². The Morgan fingerprint density at radius 3 is 2.33 bits per heavy atom. The first kappa shape index (κ1) is 15.3. The van der Waals surface area contributed by atoms with E-state index in [2.05, 4.69) is 15.8 Å². The molecular formula is C17H14N4O3. The Bertz CT molecular complexity index is 874. The van der Waals surface area contributed by atoms with E-state index in [1.54, 1.807) is 30.3 Å². The fraction of sp³-hybridized carbons (Fsp3) is 0. The number of nitrogens with zero attached hydrogens (tertiary/aromatic N) is 1. The number of anilines is 2. The molecule has 0 aliphatic rings. The first-order valence-corrected chi connectivity index (χ1v) is 7.12. The van der Waals surface area contributed by atoms with Gasteiger partial charge in [0.2, 0.25) is 0 Å². The molecule has 0 unspecified atom stereocenters. The zero-order valence-corrected chi connectivity index (χ0v) is 12.5. The number of urea groups is 1. The van der Waals surface area contributed by atoms with Gasteiger partial charge in [-0.3, -0.25) is 4.79 Å². The molecule has 0 bridgehead atoms. The number of nitrogens with two attached hydrogens (primary N) is 1. The number of rotatable bonds is 4. The van der Waals surface area contributed by atoms with Crippen LogP contribution in [0.1, 0.15) is 10.5 Å². The van der Waals surface area contributed by atoms with Crippen molar-refractivity contribution >= 4 is 23.3 Å². The van der Waals surface area contributed by atoms with Crippen molar-refractivity contribution in [1.29, 1.82) is 0 Å². The number of carbonyl (C=O) groups excluding carboxylic acids is 2. The molecule has 0 saturated carbocycles. The summed E-state index contributed by atoms with van der Waals surface area (Å²) in [5.74, 6) is 0.0852. The molecule has 3 rings (SSSR count). The first-order valence-electron chi connectivity index (χ1n) is 7.12. The Morgan fingerprint density at radius 2 is 1.62 bits per heavy atom. The number of benzene rings is 2. The van der Waals surface area contributed by atoms with Gasteiger partial charge < -0.3 is 20.9 Å². The summed E-state index contributed by atoms with van der Waals surface area (Å²) in [5, 5.41) is 8.90. The smallest absolute Gasteiger partial charge is 0.316 e. The van der Waals surface area contributed by atoms with Crippen LogP contribution in [0.4, 0.5) is 16.2 Å². The Labute approximate surface area is 137 Å². The molecule has 24 heavy (non-hydrogen) atoms. The Hall–Kier alpha value is -3.61. The highest BCUT2D eigenvalue weighted by Gasteiger charge is 2.14. The van der Waals surface area contributed by atoms with Crippen molar-refractivity contribution in [2.75, 3.05) is 10.6 Å². The quantitative estimate of drug-likeness (QED) is 0.685. The molecule has 4 N–H and O–H groups in total. The minimum Gasteiger partial charge on any atom is -0.355 e. The van der Waals surface area contributed by atoms with E-state index in [0.717, 1.165) is 5.56 Å². The molecule has 1 aromatic heterocycles. The van der Waals surface area contributed by atoms with E-state index in [1.807, 2.05) is 30.3 Å². The summed E-state index contributed by atoms with van der Waals surface area (Å²) < 4.78 is 5.20. The number of carbonyl (C=O) groups is 2. The maximum atomic E-state index is 12.2. The fourth-order valence-corrected chi connectivity index (χ4v) is 2.13. The highest BCUT2D eigenvalue weighted by molar-refractivity contribution is 6.03. The number of aromatic nitrogens is 1. The first-order chi connectivity index (χ1) is 11.6. The molecule has 1 heterocycles. The van der Waals surface area contributed by atoms with E-state index >= 15 is 0 Å². The van der Waals surface area contributed by atoms with Gasteiger partial charge >= 0.3 is 6.03 Å². The summed E-state index contributed by atoms with van der Waals surface area (Å²) >= 11 is 0. The van der Waals surface area contributed by atoms with Crippen molar-refractivity contribution < 1.29 is 14.1 Å². The van der Waals surface area contributed by atoms with Gasteiger partial charge in [0.05, 0.1) is 0 Å². The Kier molecular flexibility index (Phi) is 4.24. The number of primary amides is 1. The Morgan fingerprint density at radius 1 is 0.917 bits per heavy atom. The average Bonchev–Trinajstić information content (AvgIpc) is 3.05. The minimum atomic E-state index is -0.678. The fourth-order valence-electron chi connectivity index (χ4n) is 2.13. The molecule has 0 aliphatic heterocycles. The van der Waals surface area contributed by atoms with Gasteiger partial charge in [0, 0.05) is 23.0 Å². The molecular weight excluding hydrogens is 308 g/mol.